The lowest BCUT2D eigenvalue weighted by Crippen LogP contribution is -2.51. The molecule has 2 aromatic rings. The van der Waals surface area contributed by atoms with Gasteiger partial charge in [0.25, 0.3) is 5.91 Å². The Morgan fingerprint density at radius 1 is 0.968 bits per heavy atom. The van der Waals surface area contributed by atoms with Crippen LogP contribution in [0.15, 0.2) is 48.5 Å². The van der Waals surface area contributed by atoms with E-state index in [-0.39, 0.29) is 12.5 Å². The summed E-state index contributed by atoms with van der Waals surface area (Å²) < 4.78 is 10.9. The van der Waals surface area contributed by atoms with Gasteiger partial charge in [-0.25, -0.2) is 4.79 Å². The van der Waals surface area contributed by atoms with Crippen molar-refractivity contribution in [3.63, 3.8) is 0 Å². The summed E-state index contributed by atoms with van der Waals surface area (Å²) in [7, 11) is 0. The maximum atomic E-state index is 12.7. The number of esters is 1. The first-order chi connectivity index (χ1) is 14.8. The molecule has 0 radical (unpaired) electrons. The van der Waals surface area contributed by atoms with Crippen LogP contribution in [0.1, 0.15) is 37.8 Å². The molecule has 6 heteroatoms. The standard InChI is InChI=1S/C25H32N2O4/c1-18(2)23-11-10-22(16-19(23)3)30-17-24(28)31-20(4)25(29)27-14-12-26(13-15-27)21-8-6-5-7-9-21/h5-11,16,18,20H,12-15,17H2,1-4H3. The van der Waals surface area contributed by atoms with Crippen molar-refractivity contribution < 1.29 is 19.1 Å². The molecule has 1 atom stereocenters. The molecule has 0 saturated carbocycles. The number of nitrogens with zero attached hydrogens (tertiary/aromatic N) is 2. The third-order valence-electron chi connectivity index (χ3n) is 5.59. The van der Waals surface area contributed by atoms with Gasteiger partial charge in [-0.2, -0.15) is 0 Å². The van der Waals surface area contributed by atoms with Crippen LogP contribution < -0.4 is 9.64 Å². The van der Waals surface area contributed by atoms with Gasteiger partial charge in [-0.1, -0.05) is 38.1 Å². The SMILES string of the molecule is Cc1cc(OCC(=O)OC(C)C(=O)N2CCN(c3ccccc3)CC2)ccc1C(C)C. The summed E-state index contributed by atoms with van der Waals surface area (Å²) in [5.74, 6) is 0.336. The van der Waals surface area contributed by atoms with E-state index >= 15 is 0 Å². The van der Waals surface area contributed by atoms with Crippen LogP contribution in [-0.2, 0) is 14.3 Å². The van der Waals surface area contributed by atoms with E-state index in [1.807, 2.05) is 43.3 Å². The highest BCUT2D eigenvalue weighted by atomic mass is 16.6. The molecule has 1 aliphatic rings. The van der Waals surface area contributed by atoms with Crippen LogP contribution >= 0.6 is 0 Å². The minimum Gasteiger partial charge on any atom is -0.482 e. The zero-order valence-corrected chi connectivity index (χ0v) is 18.8. The van der Waals surface area contributed by atoms with Crippen LogP contribution in [0.4, 0.5) is 5.69 Å². The first-order valence-electron chi connectivity index (χ1n) is 10.9. The van der Waals surface area contributed by atoms with E-state index in [2.05, 4.69) is 30.9 Å². The Morgan fingerprint density at radius 2 is 1.65 bits per heavy atom. The largest absolute Gasteiger partial charge is 0.482 e. The molecule has 0 N–H and O–H groups in total. The molecule has 1 saturated heterocycles. The van der Waals surface area contributed by atoms with Crippen LogP contribution in [0.3, 0.4) is 0 Å². The maximum absolute atomic E-state index is 12.7. The van der Waals surface area contributed by atoms with Crippen LogP contribution in [0.2, 0.25) is 0 Å². The monoisotopic (exact) mass is 424 g/mol. The van der Waals surface area contributed by atoms with Crippen molar-refractivity contribution in [1.29, 1.82) is 0 Å². The van der Waals surface area contributed by atoms with E-state index < -0.39 is 12.1 Å². The number of anilines is 1. The summed E-state index contributed by atoms with van der Waals surface area (Å²) in [5.41, 5.74) is 3.53. The lowest BCUT2D eigenvalue weighted by Gasteiger charge is -2.37. The Labute approximate surface area is 184 Å². The second-order valence-corrected chi connectivity index (χ2v) is 8.24. The van der Waals surface area contributed by atoms with E-state index in [4.69, 9.17) is 9.47 Å². The van der Waals surface area contributed by atoms with E-state index in [0.717, 1.165) is 24.3 Å². The van der Waals surface area contributed by atoms with Gasteiger partial charge >= 0.3 is 5.97 Å². The van der Waals surface area contributed by atoms with Crippen LogP contribution in [0.25, 0.3) is 0 Å². The number of hydrogen-bond acceptors (Lipinski definition) is 5. The third kappa shape index (κ3) is 6.00. The molecule has 166 valence electrons. The predicted octanol–water partition coefficient (Wildman–Crippen LogP) is 3.78. The molecule has 1 aliphatic heterocycles. The van der Waals surface area contributed by atoms with Crippen molar-refractivity contribution >= 4 is 17.6 Å². The van der Waals surface area contributed by atoms with Crippen molar-refractivity contribution in [3.8, 4) is 5.75 Å². The number of benzene rings is 2. The lowest BCUT2D eigenvalue weighted by atomic mass is 9.98. The fourth-order valence-corrected chi connectivity index (χ4v) is 3.89. The number of hydrogen-bond donors (Lipinski definition) is 0. The molecule has 0 aromatic heterocycles. The molecular weight excluding hydrogens is 392 g/mol. The van der Waals surface area contributed by atoms with E-state index in [1.54, 1.807) is 11.8 Å². The Morgan fingerprint density at radius 3 is 2.26 bits per heavy atom. The summed E-state index contributed by atoms with van der Waals surface area (Å²) in [4.78, 5) is 28.9. The van der Waals surface area contributed by atoms with Crippen molar-refractivity contribution in [2.75, 3.05) is 37.7 Å². The van der Waals surface area contributed by atoms with Gasteiger partial charge in [0, 0.05) is 31.9 Å². The number of piperazine rings is 1. The Bertz CT molecular complexity index is 890. The van der Waals surface area contributed by atoms with Gasteiger partial charge in [0.1, 0.15) is 5.75 Å². The van der Waals surface area contributed by atoms with Crippen molar-refractivity contribution in [1.82, 2.24) is 4.90 Å². The summed E-state index contributed by atoms with van der Waals surface area (Å²) >= 11 is 0. The average Bonchev–Trinajstić information content (AvgIpc) is 2.77. The van der Waals surface area contributed by atoms with Gasteiger partial charge in [-0.15, -0.1) is 0 Å². The molecule has 0 bridgehead atoms. The molecule has 1 unspecified atom stereocenters. The summed E-state index contributed by atoms with van der Waals surface area (Å²) in [5, 5.41) is 0. The molecular formula is C25H32N2O4. The van der Waals surface area contributed by atoms with Gasteiger partial charge < -0.3 is 19.3 Å². The Balaban J connectivity index is 1.44. The molecule has 0 aliphatic carbocycles. The minimum atomic E-state index is -0.829. The second-order valence-electron chi connectivity index (χ2n) is 8.24. The molecule has 1 heterocycles. The fraction of sp³-hybridized carbons (Fsp3) is 0.440. The number of para-hydroxylation sites is 1. The molecule has 6 nitrogen and oxygen atoms in total. The van der Waals surface area contributed by atoms with Crippen LogP contribution in [-0.4, -0.2) is 55.7 Å². The number of aryl methyl sites for hydroxylation is 1. The van der Waals surface area contributed by atoms with Crippen molar-refractivity contribution in [3.05, 3.63) is 59.7 Å². The first kappa shape index (κ1) is 22.7. The lowest BCUT2D eigenvalue weighted by molar-refractivity contribution is -0.160. The third-order valence-corrected chi connectivity index (χ3v) is 5.59. The van der Waals surface area contributed by atoms with Gasteiger partial charge in [-0.05, 0) is 55.2 Å². The predicted molar refractivity (Wildman–Crippen MR) is 122 cm³/mol. The Kier molecular flexibility index (Phi) is 7.55. The number of carbonyl (C=O) groups is 2. The normalized spacial score (nSPS) is 15.0. The smallest absolute Gasteiger partial charge is 0.344 e. The maximum Gasteiger partial charge on any atom is 0.344 e. The molecule has 1 fully saturated rings. The summed E-state index contributed by atoms with van der Waals surface area (Å²) in [6.07, 6.45) is -0.829. The average molecular weight is 425 g/mol. The molecule has 0 spiro atoms. The summed E-state index contributed by atoms with van der Waals surface area (Å²) in [6.45, 7) is 10.4. The van der Waals surface area contributed by atoms with Gasteiger partial charge in [0.05, 0.1) is 0 Å². The van der Waals surface area contributed by atoms with E-state index in [0.29, 0.717) is 24.8 Å². The fourth-order valence-electron chi connectivity index (χ4n) is 3.89. The molecule has 3 rings (SSSR count). The van der Waals surface area contributed by atoms with Crippen LogP contribution in [0.5, 0.6) is 5.75 Å². The van der Waals surface area contributed by atoms with E-state index in [9.17, 15) is 9.59 Å². The highest BCUT2D eigenvalue weighted by Gasteiger charge is 2.27. The zero-order chi connectivity index (χ0) is 22.4. The first-order valence-corrected chi connectivity index (χ1v) is 10.9. The molecule has 1 amide bonds. The second kappa shape index (κ2) is 10.3. The van der Waals surface area contributed by atoms with Crippen LogP contribution in [0, 0.1) is 6.92 Å². The highest BCUT2D eigenvalue weighted by Crippen LogP contribution is 2.23. The van der Waals surface area contributed by atoms with Gasteiger partial charge in [0.15, 0.2) is 12.7 Å². The quantitative estimate of drug-likeness (QED) is 0.633. The van der Waals surface area contributed by atoms with Crippen molar-refractivity contribution in [2.45, 2.75) is 39.7 Å². The van der Waals surface area contributed by atoms with Gasteiger partial charge in [-0.3, -0.25) is 4.79 Å². The topological polar surface area (TPSA) is 59.1 Å². The van der Waals surface area contributed by atoms with Gasteiger partial charge in [0.2, 0.25) is 0 Å². The molecule has 2 aromatic carbocycles. The minimum absolute atomic E-state index is 0.168. The number of ether oxygens (including phenoxy) is 2. The Hall–Kier alpha value is -3.02. The van der Waals surface area contributed by atoms with Crippen molar-refractivity contribution in [2.24, 2.45) is 0 Å². The zero-order valence-electron chi connectivity index (χ0n) is 18.8. The number of carbonyl (C=O) groups excluding carboxylic acids is 2. The number of amides is 1. The van der Waals surface area contributed by atoms with E-state index in [1.165, 1.54) is 5.56 Å². The molecule has 31 heavy (non-hydrogen) atoms. The highest BCUT2D eigenvalue weighted by molar-refractivity contribution is 5.84. The number of rotatable bonds is 7. The summed E-state index contributed by atoms with van der Waals surface area (Å²) in [6, 6.07) is 15.9.